The van der Waals surface area contributed by atoms with Gasteiger partial charge in [0.15, 0.2) is 0 Å². The summed E-state index contributed by atoms with van der Waals surface area (Å²) in [5.74, 6) is 0. The first kappa shape index (κ1) is 64.8. The number of para-hydroxylation sites is 1. The van der Waals surface area contributed by atoms with Crippen LogP contribution >= 0.6 is 11.7 Å². The summed E-state index contributed by atoms with van der Waals surface area (Å²) in [6.07, 6.45) is 0. The molecular formula is C68H72N6O5SSe. The molecule has 0 aliphatic rings. The molecule has 10 aromatic carbocycles. The van der Waals surface area contributed by atoms with Crippen LogP contribution in [0.15, 0.2) is 241 Å². The average molecular weight is 1160 g/mol. The van der Waals surface area contributed by atoms with Crippen molar-refractivity contribution in [2.75, 3.05) is 0 Å². The van der Waals surface area contributed by atoms with Crippen molar-refractivity contribution in [1.82, 2.24) is 27.0 Å². The van der Waals surface area contributed by atoms with E-state index in [4.69, 9.17) is 8.83 Å². The van der Waals surface area contributed by atoms with Crippen LogP contribution in [0.2, 0.25) is 0 Å². The van der Waals surface area contributed by atoms with E-state index in [9.17, 15) is 9.59 Å². The molecule has 0 amide bonds. The smallest absolute Gasteiger partial charge is 0.135 e. The Labute approximate surface area is 484 Å². The van der Waals surface area contributed by atoms with E-state index in [-0.39, 0.29) is 26.2 Å². The summed E-state index contributed by atoms with van der Waals surface area (Å²) in [5.41, 5.74) is 6.36. The van der Waals surface area contributed by atoms with E-state index in [1.807, 2.05) is 210 Å². The molecule has 0 radical (unpaired) electrons. The van der Waals surface area contributed by atoms with Gasteiger partial charge in [0.1, 0.15) is 33.2 Å². The molecule has 0 atom stereocenters. The van der Waals surface area contributed by atoms with Crippen LogP contribution < -0.4 is 11.3 Å². The van der Waals surface area contributed by atoms with Crippen molar-refractivity contribution in [3.05, 3.63) is 239 Å². The first-order valence-electron chi connectivity index (χ1n) is 27.6. The second kappa shape index (κ2) is 36.4. The molecule has 0 N–H and O–H groups in total. The van der Waals surface area contributed by atoms with Gasteiger partial charge in [0.25, 0.3) is 0 Å². The molecule has 0 fully saturated rings. The second-order valence-electron chi connectivity index (χ2n) is 15.3. The third kappa shape index (κ3) is 18.4. The monoisotopic (exact) mass is 1160 g/mol. The van der Waals surface area contributed by atoms with Gasteiger partial charge in [-0.2, -0.15) is 8.75 Å². The van der Waals surface area contributed by atoms with Crippen molar-refractivity contribution in [2.24, 2.45) is 0 Å². The molecule has 416 valence electrons. The summed E-state index contributed by atoms with van der Waals surface area (Å²) < 4.78 is 31.0. The number of aromatic nitrogens is 6. The third-order valence-corrected chi connectivity index (χ3v) is 12.6. The largest absolute Gasteiger partial charge is 0.243 e. The summed E-state index contributed by atoms with van der Waals surface area (Å²) in [7, 11) is 0. The van der Waals surface area contributed by atoms with Crippen LogP contribution in [0, 0.1) is 0 Å². The Balaban J connectivity index is 0.000000204. The maximum Gasteiger partial charge on any atom is 0.135 e. The van der Waals surface area contributed by atoms with Gasteiger partial charge in [0.05, 0.1) is 11.7 Å². The minimum Gasteiger partial charge on any atom is -0.243 e. The van der Waals surface area contributed by atoms with Gasteiger partial charge in [-0.25, -0.2) is 14.2 Å². The van der Waals surface area contributed by atoms with Gasteiger partial charge in [-0.05, 0) is 108 Å². The first-order chi connectivity index (χ1) is 40.0. The van der Waals surface area contributed by atoms with Gasteiger partial charge in [-0.15, -0.1) is 0 Å². The van der Waals surface area contributed by atoms with Crippen LogP contribution in [0.3, 0.4) is 0 Å². The van der Waals surface area contributed by atoms with E-state index in [2.05, 4.69) is 92.3 Å². The van der Waals surface area contributed by atoms with Crippen molar-refractivity contribution >= 4 is 125 Å². The topological polar surface area (TPSA) is 151 Å². The molecule has 5 heterocycles. The fourth-order valence-corrected chi connectivity index (χ4v) is 9.25. The molecule has 0 aliphatic carbocycles. The van der Waals surface area contributed by atoms with Crippen LogP contribution in [0.5, 0.6) is 0 Å². The Kier molecular flexibility index (Phi) is 29.1. The maximum atomic E-state index is 11.1. The Bertz CT molecular complexity index is 3890. The van der Waals surface area contributed by atoms with Crippen LogP contribution in [-0.4, -0.2) is 42.0 Å². The summed E-state index contributed by atoms with van der Waals surface area (Å²) >= 11 is 1.38. The fourth-order valence-electron chi connectivity index (χ4n) is 7.62. The Hall–Kier alpha value is -8.74. The van der Waals surface area contributed by atoms with Gasteiger partial charge in [0, 0.05) is 22.9 Å². The normalized spacial score (nSPS) is 9.58. The van der Waals surface area contributed by atoms with E-state index in [0.717, 1.165) is 54.6 Å². The first-order valence-corrected chi connectivity index (χ1v) is 29.8. The number of rotatable bonds is 0. The van der Waals surface area contributed by atoms with E-state index < -0.39 is 0 Å². The number of fused-ring (bicyclic) bond motifs is 6. The van der Waals surface area contributed by atoms with Gasteiger partial charge >= 0.3 is 69.5 Å². The van der Waals surface area contributed by atoms with Crippen molar-refractivity contribution in [3.8, 4) is 0 Å². The van der Waals surface area contributed by atoms with Gasteiger partial charge in [0.2, 0.25) is 0 Å². The van der Waals surface area contributed by atoms with E-state index in [0.29, 0.717) is 11.2 Å². The molecule has 15 aromatic rings. The molecule has 81 heavy (non-hydrogen) atoms. The standard InChI is InChI=1S/C16H10.C13H8O2.C9H6O2.C6H4N2O.C6H4N2S.C6H4N2Se.6C2H6/c1-3-11-7-9-13-5-2-6-14-10-8-12(4-1)15(11)16(13)14;14-13-6-5-11-7-9-3-1-2-4-10(9)8-12(11)15-13;10-9-6-5-7-3-1-2-4-8(7)11-9;3*1-2-4-6-5(3-1)7-9-8-6;6*1-2/h1-10H;1-8H;1-6H;3*1-4H;6*1-2H3. The van der Waals surface area contributed by atoms with E-state index in [1.165, 1.54) is 56.2 Å². The number of hydrogen-bond acceptors (Lipinski definition) is 12. The second-order valence-corrected chi connectivity index (χ2v) is 17.0. The van der Waals surface area contributed by atoms with Crippen LogP contribution in [0.25, 0.3) is 98.1 Å². The van der Waals surface area contributed by atoms with Crippen molar-refractivity contribution in [2.45, 2.75) is 83.1 Å². The van der Waals surface area contributed by atoms with Crippen molar-refractivity contribution in [3.63, 3.8) is 0 Å². The quantitative estimate of drug-likeness (QED) is 0.0617. The van der Waals surface area contributed by atoms with Crippen LogP contribution in [-0.2, 0) is 0 Å². The van der Waals surface area contributed by atoms with Crippen LogP contribution in [0.4, 0.5) is 0 Å². The Morgan fingerprint density at radius 2 is 0.642 bits per heavy atom. The van der Waals surface area contributed by atoms with Gasteiger partial charge < -0.3 is 8.83 Å². The van der Waals surface area contributed by atoms with Crippen molar-refractivity contribution in [1.29, 1.82) is 0 Å². The number of nitrogens with zero attached hydrogens (tertiary/aromatic N) is 6. The molecule has 0 bridgehead atoms. The number of hydrogen-bond donors (Lipinski definition) is 0. The molecule has 11 nitrogen and oxygen atoms in total. The minimum absolute atomic E-state index is 0.129. The molecule has 13 heteroatoms. The Morgan fingerprint density at radius 1 is 0.309 bits per heavy atom. The molecule has 0 saturated carbocycles. The summed E-state index contributed by atoms with van der Waals surface area (Å²) in [4.78, 5) is 21.8. The van der Waals surface area contributed by atoms with E-state index >= 15 is 0 Å². The minimum atomic E-state index is -0.308. The molecule has 15 rings (SSSR count). The molecule has 0 aliphatic heterocycles. The Morgan fingerprint density at radius 3 is 1.10 bits per heavy atom. The number of benzene rings is 10. The molecule has 5 aromatic heterocycles. The van der Waals surface area contributed by atoms with E-state index in [1.54, 1.807) is 18.2 Å². The van der Waals surface area contributed by atoms with Gasteiger partial charge in [-0.1, -0.05) is 210 Å². The van der Waals surface area contributed by atoms with Crippen molar-refractivity contribution < 1.29 is 13.5 Å². The van der Waals surface area contributed by atoms with Crippen LogP contribution in [0.1, 0.15) is 83.1 Å². The molecule has 0 spiro atoms. The maximum absolute atomic E-state index is 11.1. The zero-order chi connectivity index (χ0) is 58.8. The zero-order valence-corrected chi connectivity index (χ0v) is 50.9. The van der Waals surface area contributed by atoms with Gasteiger partial charge in [-0.3, -0.25) is 0 Å². The predicted octanol–water partition coefficient (Wildman–Crippen LogP) is 19.1. The predicted molar refractivity (Wildman–Crippen MR) is 346 cm³/mol. The summed E-state index contributed by atoms with van der Waals surface area (Å²) in [5, 5.41) is 19.5. The summed E-state index contributed by atoms with van der Waals surface area (Å²) in [6, 6.07) is 70.9. The molecule has 0 unspecified atom stereocenters. The average Bonchev–Trinajstić information content (AvgIpc) is 4.54. The SMILES string of the molecule is CC.CC.CC.CC.CC.CC.O=c1ccc2cc3ccccc3cc2o1.O=c1ccc2ccccc2o1.c1cc2ccc3cccc4ccc(c1)c2c34.c1ccc2n[se]nc2c1.c1ccc2nonc2c1.c1ccc2nsnc2c1. The molecular weight excluding hydrogens is 1090 g/mol. The molecule has 0 saturated heterocycles. The summed E-state index contributed by atoms with van der Waals surface area (Å²) in [6.45, 7) is 24.0. The fraction of sp³-hybridized carbons (Fsp3) is 0.176. The third-order valence-electron chi connectivity index (χ3n) is 10.9. The zero-order valence-electron chi connectivity index (χ0n) is 48.3.